The molecule has 6 aliphatic rings. The number of fused-ring (bicyclic) bond motifs is 2. The highest BCUT2D eigenvalue weighted by atomic mass is 31.2. The predicted octanol–water partition coefficient (Wildman–Crippen LogP) is 0.149. The summed E-state index contributed by atoms with van der Waals surface area (Å²) in [6.07, 6.45) is -1.86. The molecule has 0 radical (unpaired) electrons. The van der Waals surface area contributed by atoms with Gasteiger partial charge in [-0.05, 0) is 36.7 Å². The lowest BCUT2D eigenvalue weighted by atomic mass is 9.45. The number of phosphoric acid groups is 1. The van der Waals surface area contributed by atoms with Crippen molar-refractivity contribution in [1.29, 1.82) is 0 Å². The van der Waals surface area contributed by atoms with Crippen LogP contribution in [0.5, 0.6) is 0 Å². The van der Waals surface area contributed by atoms with Crippen molar-refractivity contribution in [2.24, 2.45) is 17.3 Å². The fourth-order valence-corrected chi connectivity index (χ4v) is 7.88. The summed E-state index contributed by atoms with van der Waals surface area (Å²) in [5.74, 6) is -0.816. The number of aliphatic hydroxyl groups is 2. The van der Waals surface area contributed by atoms with Crippen LogP contribution in [0.2, 0.25) is 0 Å². The normalized spacial score (nSPS) is 51.9. The zero-order valence-electron chi connectivity index (χ0n) is 18.6. The van der Waals surface area contributed by atoms with Crippen molar-refractivity contribution in [3.8, 4) is 0 Å². The molecule has 4 fully saturated rings. The fraction of sp³-hybridized carbons (Fsp3) is 0.857. The standard InChI is InChI=1S/C21H29O11P/c1-9(2)19(24)14(22)15-21(32-15)18(3)5-4-10-11(7-28-16(10)23)12(18)6-13-20(21,31-13)17(19)29-8-30-33(25,26)27/h9,12-15,17,22,24H,4-8H2,1-3H3,(H2,25,26,27). The summed E-state index contributed by atoms with van der Waals surface area (Å²) < 4.78 is 39.5. The number of carbonyl (C=O) groups is 1. The molecule has 2 saturated heterocycles. The van der Waals surface area contributed by atoms with Gasteiger partial charge in [0.1, 0.15) is 36.1 Å². The van der Waals surface area contributed by atoms with Crippen LogP contribution in [0.15, 0.2) is 11.1 Å². The molecule has 3 aliphatic carbocycles. The van der Waals surface area contributed by atoms with Crippen LogP contribution < -0.4 is 0 Å². The molecule has 9 atom stereocenters. The molecule has 3 heterocycles. The molecule has 0 bridgehead atoms. The van der Waals surface area contributed by atoms with Gasteiger partial charge in [-0.2, -0.15) is 0 Å². The highest BCUT2D eigenvalue weighted by Crippen LogP contribution is 2.80. The second-order valence-corrected chi connectivity index (χ2v) is 12.0. The molecule has 4 N–H and O–H groups in total. The van der Waals surface area contributed by atoms with Crippen LogP contribution in [0.25, 0.3) is 0 Å². The summed E-state index contributed by atoms with van der Waals surface area (Å²) in [6.45, 7) is 4.99. The summed E-state index contributed by atoms with van der Waals surface area (Å²) in [4.78, 5) is 30.4. The zero-order valence-corrected chi connectivity index (χ0v) is 19.5. The van der Waals surface area contributed by atoms with Crippen LogP contribution in [0.4, 0.5) is 0 Å². The van der Waals surface area contributed by atoms with Gasteiger partial charge in [0.05, 0.1) is 6.10 Å². The molecule has 33 heavy (non-hydrogen) atoms. The second-order valence-electron chi connectivity index (χ2n) is 10.7. The van der Waals surface area contributed by atoms with Gasteiger partial charge >= 0.3 is 13.8 Å². The molecule has 2 saturated carbocycles. The SMILES string of the molecule is CC(C)C1(O)C(O)C2OC23C2(C)CCC4=C(COC4=O)C2CC2OC23C1OCOP(=O)(O)O. The summed E-state index contributed by atoms with van der Waals surface area (Å²) in [7, 11) is -4.81. The summed E-state index contributed by atoms with van der Waals surface area (Å²) in [6, 6.07) is 0. The number of epoxide rings is 2. The van der Waals surface area contributed by atoms with Crippen LogP contribution in [0.1, 0.15) is 40.0 Å². The molecule has 2 spiro atoms. The lowest BCUT2D eigenvalue weighted by molar-refractivity contribution is -0.252. The first kappa shape index (κ1) is 22.6. The molecular weight excluding hydrogens is 459 g/mol. The Morgan fingerprint density at radius 3 is 2.67 bits per heavy atom. The number of rotatable bonds is 5. The molecule has 0 amide bonds. The third-order valence-electron chi connectivity index (χ3n) is 9.32. The summed E-state index contributed by atoms with van der Waals surface area (Å²) in [5.41, 5.74) is -2.74. The Hall–Kier alpha value is -0.880. The van der Waals surface area contributed by atoms with Gasteiger partial charge in [0.15, 0.2) is 12.4 Å². The minimum atomic E-state index is -4.81. The lowest BCUT2D eigenvalue weighted by Gasteiger charge is -2.57. The Morgan fingerprint density at radius 2 is 2.00 bits per heavy atom. The van der Waals surface area contributed by atoms with Crippen molar-refractivity contribution in [2.75, 3.05) is 13.4 Å². The Labute approximate surface area is 190 Å². The molecule has 9 unspecified atom stereocenters. The van der Waals surface area contributed by atoms with Gasteiger partial charge in [-0.25, -0.2) is 9.36 Å². The van der Waals surface area contributed by atoms with Gasteiger partial charge < -0.3 is 38.9 Å². The first-order valence-electron chi connectivity index (χ1n) is 11.3. The minimum absolute atomic E-state index is 0.0530. The van der Waals surface area contributed by atoms with E-state index < -0.39 is 61.1 Å². The number of ether oxygens (including phenoxy) is 4. The van der Waals surface area contributed by atoms with E-state index in [-0.39, 0.29) is 24.6 Å². The number of phosphoric ester groups is 1. The number of hydrogen-bond donors (Lipinski definition) is 4. The van der Waals surface area contributed by atoms with Crippen LogP contribution in [-0.2, 0) is 32.8 Å². The van der Waals surface area contributed by atoms with Gasteiger partial charge in [0, 0.05) is 11.0 Å². The smallest absolute Gasteiger partial charge is 0.458 e. The Bertz CT molecular complexity index is 1010. The van der Waals surface area contributed by atoms with Gasteiger partial charge in [-0.1, -0.05) is 20.8 Å². The van der Waals surface area contributed by atoms with Crippen LogP contribution >= 0.6 is 7.82 Å². The zero-order chi connectivity index (χ0) is 23.8. The average Bonchev–Trinajstić information content (AvgIpc) is 3.61. The highest BCUT2D eigenvalue weighted by molar-refractivity contribution is 7.46. The van der Waals surface area contributed by atoms with E-state index >= 15 is 0 Å². The molecule has 184 valence electrons. The molecule has 0 aromatic rings. The monoisotopic (exact) mass is 488 g/mol. The van der Waals surface area contributed by atoms with E-state index in [1.54, 1.807) is 13.8 Å². The largest absolute Gasteiger partial charge is 0.471 e. The predicted molar refractivity (Wildman–Crippen MR) is 107 cm³/mol. The maximum atomic E-state index is 12.2. The molecule has 0 aromatic heterocycles. The van der Waals surface area contributed by atoms with Crippen molar-refractivity contribution >= 4 is 13.8 Å². The van der Waals surface area contributed by atoms with Gasteiger partial charge in [-0.15, -0.1) is 0 Å². The van der Waals surface area contributed by atoms with Gasteiger partial charge in [-0.3, -0.25) is 4.52 Å². The third-order valence-corrected chi connectivity index (χ3v) is 9.76. The number of esters is 1. The molecule has 0 aromatic carbocycles. The van der Waals surface area contributed by atoms with E-state index in [1.165, 1.54) is 0 Å². The van der Waals surface area contributed by atoms with Crippen molar-refractivity contribution in [2.45, 2.75) is 81.3 Å². The molecule has 11 nitrogen and oxygen atoms in total. The van der Waals surface area contributed by atoms with Crippen molar-refractivity contribution in [1.82, 2.24) is 0 Å². The van der Waals surface area contributed by atoms with Crippen molar-refractivity contribution in [3.63, 3.8) is 0 Å². The topological polar surface area (TPSA) is 168 Å². The third kappa shape index (κ3) is 2.48. The highest BCUT2D eigenvalue weighted by Gasteiger charge is 2.97. The van der Waals surface area contributed by atoms with E-state index in [1.807, 2.05) is 0 Å². The Kier molecular flexibility index (Phi) is 4.42. The maximum absolute atomic E-state index is 12.2. The first-order valence-corrected chi connectivity index (χ1v) is 12.8. The van der Waals surface area contributed by atoms with E-state index in [2.05, 4.69) is 11.4 Å². The summed E-state index contributed by atoms with van der Waals surface area (Å²) >= 11 is 0. The van der Waals surface area contributed by atoms with Crippen molar-refractivity contribution < 1.29 is 52.8 Å². The fourth-order valence-electron chi connectivity index (χ4n) is 7.69. The number of aliphatic hydroxyl groups excluding tert-OH is 1. The minimum Gasteiger partial charge on any atom is -0.458 e. The number of hydrogen-bond acceptors (Lipinski definition) is 9. The molecular formula is C21H29O11P. The average molecular weight is 488 g/mol. The molecule has 12 heteroatoms. The van der Waals surface area contributed by atoms with Crippen LogP contribution in [0, 0.1) is 17.3 Å². The quantitative estimate of drug-likeness (QED) is 0.180. The van der Waals surface area contributed by atoms with Crippen molar-refractivity contribution in [3.05, 3.63) is 11.1 Å². The number of cyclic esters (lactones) is 1. The van der Waals surface area contributed by atoms with Crippen LogP contribution in [-0.4, -0.2) is 80.6 Å². The first-order chi connectivity index (χ1) is 15.3. The van der Waals surface area contributed by atoms with Gasteiger partial charge in [0.2, 0.25) is 0 Å². The maximum Gasteiger partial charge on any atom is 0.471 e. The lowest BCUT2D eigenvalue weighted by Crippen LogP contribution is -2.76. The number of carbonyl (C=O) groups excluding carboxylic acids is 1. The van der Waals surface area contributed by atoms with Crippen LogP contribution in [0.3, 0.4) is 0 Å². The van der Waals surface area contributed by atoms with E-state index in [4.69, 9.17) is 28.7 Å². The Balaban J connectivity index is 1.43. The Morgan fingerprint density at radius 1 is 1.27 bits per heavy atom. The van der Waals surface area contributed by atoms with E-state index in [9.17, 15) is 19.6 Å². The summed E-state index contributed by atoms with van der Waals surface area (Å²) in [5, 5.41) is 23.1. The second kappa shape index (κ2) is 6.46. The van der Waals surface area contributed by atoms with E-state index in [0.29, 0.717) is 19.3 Å². The van der Waals surface area contributed by atoms with Gasteiger partial charge in [0.25, 0.3) is 0 Å². The van der Waals surface area contributed by atoms with E-state index in [0.717, 1.165) is 11.1 Å². The molecule has 3 aliphatic heterocycles. The molecule has 6 rings (SSSR count).